The van der Waals surface area contributed by atoms with Gasteiger partial charge in [-0.2, -0.15) is 0 Å². The van der Waals surface area contributed by atoms with E-state index in [4.69, 9.17) is 0 Å². The molecule has 11 aromatic rings. The predicted molar refractivity (Wildman–Crippen MR) is 259 cm³/mol. The fraction of sp³-hybridized carbons (Fsp3) is 0.0508. The van der Waals surface area contributed by atoms with Crippen molar-refractivity contribution >= 4 is 60.4 Å². The van der Waals surface area contributed by atoms with E-state index in [9.17, 15) is 0 Å². The minimum Gasteiger partial charge on any atom is -0.310 e. The number of para-hydroxylation sites is 2. The maximum absolute atomic E-state index is 2.47. The highest BCUT2D eigenvalue weighted by atomic mass is 15.1. The van der Waals surface area contributed by atoms with Gasteiger partial charge < -0.3 is 9.47 Å². The van der Waals surface area contributed by atoms with E-state index in [-0.39, 0.29) is 5.41 Å². The van der Waals surface area contributed by atoms with Crippen LogP contribution in [0, 0.1) is 0 Å². The summed E-state index contributed by atoms with van der Waals surface area (Å²) in [5, 5.41) is 7.56. The monoisotopic (exact) mass is 778 g/mol. The molecule has 2 nitrogen and oxygen atoms in total. The zero-order chi connectivity index (χ0) is 40.7. The lowest BCUT2D eigenvalue weighted by atomic mass is 9.82. The quantitative estimate of drug-likeness (QED) is 0.163. The Morgan fingerprint density at radius 3 is 1.80 bits per heavy atom. The molecule has 12 rings (SSSR count). The Bertz CT molecular complexity index is 3500. The second-order valence-corrected chi connectivity index (χ2v) is 16.9. The van der Waals surface area contributed by atoms with Gasteiger partial charge in [-0.1, -0.05) is 178 Å². The van der Waals surface area contributed by atoms with Crippen LogP contribution in [0.1, 0.15) is 25.0 Å². The van der Waals surface area contributed by atoms with E-state index in [2.05, 4.69) is 242 Å². The highest BCUT2D eigenvalue weighted by molar-refractivity contribution is 6.11. The smallest absolute Gasteiger partial charge is 0.0561 e. The number of fused-ring (bicyclic) bond motifs is 9. The molecule has 0 aliphatic heterocycles. The van der Waals surface area contributed by atoms with Gasteiger partial charge in [0.1, 0.15) is 0 Å². The lowest BCUT2D eigenvalue weighted by Gasteiger charge is -2.29. The van der Waals surface area contributed by atoms with Gasteiger partial charge in [0.2, 0.25) is 0 Å². The number of aromatic nitrogens is 1. The van der Waals surface area contributed by atoms with Gasteiger partial charge >= 0.3 is 0 Å². The standard InChI is InChI=1S/C59H42N2/c1-59(2)53-35-30-40-18-9-10-25-48(40)58(53)52-34-32-45(37-54(52)59)60(46-31-33-51-50-26-11-12-29-55(50)61(56(51)38-46)43-22-7-4-8-23-43)44-24-13-21-42(36-44)49-28-15-20-41-19-14-27-47(57(41)49)39-16-5-3-6-17-39/h3-38H,1-2H3. The molecule has 61 heavy (non-hydrogen) atoms. The average molecular weight is 779 g/mol. The molecule has 1 aliphatic rings. The van der Waals surface area contributed by atoms with Crippen molar-refractivity contribution in [2.24, 2.45) is 0 Å². The lowest BCUT2D eigenvalue weighted by Crippen LogP contribution is -2.16. The topological polar surface area (TPSA) is 8.17 Å². The first kappa shape index (κ1) is 35.3. The van der Waals surface area contributed by atoms with Crippen LogP contribution in [0.15, 0.2) is 218 Å². The largest absolute Gasteiger partial charge is 0.310 e. The number of benzene rings is 10. The van der Waals surface area contributed by atoms with E-state index >= 15 is 0 Å². The summed E-state index contributed by atoms with van der Waals surface area (Å²) < 4.78 is 2.41. The van der Waals surface area contributed by atoms with Crippen LogP contribution in [-0.2, 0) is 5.41 Å². The molecule has 2 heteroatoms. The van der Waals surface area contributed by atoms with E-state index in [0.717, 1.165) is 22.7 Å². The Labute approximate surface area is 356 Å². The van der Waals surface area contributed by atoms with E-state index < -0.39 is 0 Å². The first-order valence-corrected chi connectivity index (χ1v) is 21.3. The van der Waals surface area contributed by atoms with Gasteiger partial charge in [-0.3, -0.25) is 0 Å². The predicted octanol–water partition coefficient (Wildman–Crippen LogP) is 16.2. The molecule has 0 atom stereocenters. The summed E-state index contributed by atoms with van der Waals surface area (Å²) in [6.45, 7) is 4.77. The Kier molecular flexibility index (Phi) is 7.92. The van der Waals surface area contributed by atoms with Crippen LogP contribution in [0.2, 0.25) is 0 Å². The number of nitrogens with zero attached hydrogens (tertiary/aromatic N) is 2. The summed E-state index contributed by atoms with van der Waals surface area (Å²) in [6, 6.07) is 80.4. The SMILES string of the molecule is CC1(C)c2cc(N(c3cccc(-c4cccc5cccc(-c6ccccc6)c45)c3)c3ccc4c5ccccc5n(-c5ccccc5)c4c3)ccc2-c2c1ccc1ccccc21. The molecule has 10 aromatic carbocycles. The van der Waals surface area contributed by atoms with Gasteiger partial charge in [-0.25, -0.2) is 0 Å². The van der Waals surface area contributed by atoms with Crippen molar-refractivity contribution in [3.63, 3.8) is 0 Å². The van der Waals surface area contributed by atoms with Crippen molar-refractivity contribution in [3.05, 3.63) is 230 Å². The molecule has 1 heterocycles. The molecule has 0 saturated heterocycles. The fourth-order valence-electron chi connectivity index (χ4n) is 10.3. The Morgan fingerprint density at radius 1 is 0.377 bits per heavy atom. The summed E-state index contributed by atoms with van der Waals surface area (Å²) in [6.07, 6.45) is 0. The minimum absolute atomic E-state index is 0.182. The molecule has 0 radical (unpaired) electrons. The van der Waals surface area contributed by atoms with Crippen LogP contribution in [0.4, 0.5) is 17.1 Å². The van der Waals surface area contributed by atoms with Crippen LogP contribution in [0.3, 0.4) is 0 Å². The average Bonchev–Trinajstić information content (AvgIpc) is 3.77. The van der Waals surface area contributed by atoms with Crippen molar-refractivity contribution < 1.29 is 0 Å². The van der Waals surface area contributed by atoms with Crippen molar-refractivity contribution in [2.75, 3.05) is 4.90 Å². The van der Waals surface area contributed by atoms with Gasteiger partial charge in [-0.15, -0.1) is 0 Å². The van der Waals surface area contributed by atoms with Crippen molar-refractivity contribution in [2.45, 2.75) is 19.3 Å². The molecule has 0 fully saturated rings. The summed E-state index contributed by atoms with van der Waals surface area (Å²) in [5.41, 5.74) is 16.9. The first-order chi connectivity index (χ1) is 30.0. The maximum Gasteiger partial charge on any atom is 0.0561 e. The molecule has 0 bridgehead atoms. The van der Waals surface area contributed by atoms with Crippen LogP contribution in [-0.4, -0.2) is 4.57 Å². The number of hydrogen-bond donors (Lipinski definition) is 0. The third kappa shape index (κ3) is 5.49. The molecular formula is C59H42N2. The molecule has 0 unspecified atom stereocenters. The summed E-state index contributed by atoms with van der Waals surface area (Å²) in [4.78, 5) is 2.47. The van der Waals surface area contributed by atoms with E-state index in [1.165, 1.54) is 87.9 Å². The number of hydrogen-bond acceptors (Lipinski definition) is 1. The van der Waals surface area contributed by atoms with Crippen LogP contribution >= 0.6 is 0 Å². The van der Waals surface area contributed by atoms with Crippen LogP contribution < -0.4 is 4.90 Å². The molecular weight excluding hydrogens is 737 g/mol. The Balaban J connectivity index is 1.10. The van der Waals surface area contributed by atoms with Gasteiger partial charge in [-0.05, 0) is 121 Å². The second kappa shape index (κ2) is 13.7. The molecule has 288 valence electrons. The van der Waals surface area contributed by atoms with Crippen molar-refractivity contribution in [1.29, 1.82) is 0 Å². The summed E-state index contributed by atoms with van der Waals surface area (Å²) >= 11 is 0. The Hall–Kier alpha value is -7.68. The zero-order valence-electron chi connectivity index (χ0n) is 34.2. The Morgan fingerprint density at radius 2 is 0.984 bits per heavy atom. The maximum atomic E-state index is 2.47. The fourth-order valence-corrected chi connectivity index (χ4v) is 10.3. The van der Waals surface area contributed by atoms with Gasteiger partial charge in [0.05, 0.1) is 11.0 Å². The zero-order valence-corrected chi connectivity index (χ0v) is 34.2. The highest BCUT2D eigenvalue weighted by Gasteiger charge is 2.37. The molecule has 0 saturated carbocycles. The molecule has 0 N–H and O–H groups in total. The molecule has 1 aliphatic carbocycles. The third-order valence-corrected chi connectivity index (χ3v) is 13.1. The normalized spacial score (nSPS) is 12.9. The third-order valence-electron chi connectivity index (χ3n) is 13.1. The molecule has 0 amide bonds. The van der Waals surface area contributed by atoms with Gasteiger partial charge in [0, 0.05) is 38.9 Å². The summed E-state index contributed by atoms with van der Waals surface area (Å²) in [5.74, 6) is 0. The van der Waals surface area contributed by atoms with Crippen molar-refractivity contribution in [1.82, 2.24) is 4.57 Å². The first-order valence-electron chi connectivity index (χ1n) is 21.3. The molecule has 0 spiro atoms. The second-order valence-electron chi connectivity index (χ2n) is 16.9. The number of rotatable bonds is 6. The van der Waals surface area contributed by atoms with Crippen LogP contribution in [0.25, 0.3) is 82.4 Å². The molecule has 1 aromatic heterocycles. The van der Waals surface area contributed by atoms with Crippen LogP contribution in [0.5, 0.6) is 0 Å². The minimum atomic E-state index is -0.182. The van der Waals surface area contributed by atoms with E-state index in [1.54, 1.807) is 0 Å². The van der Waals surface area contributed by atoms with Crippen molar-refractivity contribution in [3.8, 4) is 39.1 Å². The highest BCUT2D eigenvalue weighted by Crippen LogP contribution is 2.53. The van der Waals surface area contributed by atoms with Gasteiger partial charge in [0.15, 0.2) is 0 Å². The number of anilines is 3. The van der Waals surface area contributed by atoms with E-state index in [0.29, 0.717) is 0 Å². The van der Waals surface area contributed by atoms with Gasteiger partial charge in [0.25, 0.3) is 0 Å². The van der Waals surface area contributed by atoms with E-state index in [1.807, 2.05) is 0 Å². The lowest BCUT2D eigenvalue weighted by molar-refractivity contribution is 0.661. The summed E-state index contributed by atoms with van der Waals surface area (Å²) in [7, 11) is 0.